The largest absolute Gasteiger partial charge is 0.496 e. The first-order valence-electron chi connectivity index (χ1n) is 7.22. The second kappa shape index (κ2) is 6.40. The molecular weight excluding hydrogens is 236 g/mol. The highest BCUT2D eigenvalue weighted by Crippen LogP contribution is 2.25. The van der Waals surface area contributed by atoms with Crippen molar-refractivity contribution in [1.82, 2.24) is 4.90 Å². The molecule has 0 spiro atoms. The monoisotopic (exact) mass is 262 g/mol. The van der Waals surface area contributed by atoms with Crippen LogP contribution in [0.2, 0.25) is 0 Å². The van der Waals surface area contributed by atoms with E-state index in [2.05, 4.69) is 30.9 Å². The van der Waals surface area contributed by atoms with Crippen molar-refractivity contribution in [2.45, 2.75) is 33.4 Å². The smallest absolute Gasteiger partial charge is 0.123 e. The molecule has 3 nitrogen and oxygen atoms in total. The van der Waals surface area contributed by atoms with Crippen molar-refractivity contribution < 1.29 is 4.74 Å². The molecular formula is C16H26N2O. The quantitative estimate of drug-likeness (QED) is 0.906. The summed E-state index contributed by atoms with van der Waals surface area (Å²) in [5.41, 5.74) is 8.21. The van der Waals surface area contributed by atoms with Crippen molar-refractivity contribution in [3.8, 4) is 5.75 Å². The van der Waals surface area contributed by atoms with E-state index in [1.54, 1.807) is 7.11 Å². The molecule has 3 heteroatoms. The second-order valence-corrected chi connectivity index (χ2v) is 5.83. The Morgan fingerprint density at radius 2 is 2.11 bits per heavy atom. The molecule has 0 saturated carbocycles. The third kappa shape index (κ3) is 3.48. The van der Waals surface area contributed by atoms with E-state index < -0.39 is 0 Å². The molecule has 1 saturated heterocycles. The molecule has 1 aliphatic rings. The molecule has 106 valence electrons. The molecule has 0 radical (unpaired) electrons. The van der Waals surface area contributed by atoms with Crippen LogP contribution in [0.25, 0.3) is 0 Å². The van der Waals surface area contributed by atoms with Crippen LogP contribution < -0.4 is 10.5 Å². The SMILES string of the molecule is COc1ccc(CN2CCC(C)C(C)C2)cc1CN. The molecule has 1 fully saturated rings. The van der Waals surface area contributed by atoms with Crippen LogP contribution in [0.1, 0.15) is 31.4 Å². The van der Waals surface area contributed by atoms with Crippen LogP contribution in [0.3, 0.4) is 0 Å². The molecule has 19 heavy (non-hydrogen) atoms. The van der Waals surface area contributed by atoms with Gasteiger partial charge in [-0.15, -0.1) is 0 Å². The molecule has 0 bridgehead atoms. The van der Waals surface area contributed by atoms with E-state index in [1.165, 1.54) is 25.1 Å². The summed E-state index contributed by atoms with van der Waals surface area (Å²) < 4.78 is 5.32. The lowest BCUT2D eigenvalue weighted by atomic mass is 9.88. The molecule has 0 aliphatic carbocycles. The zero-order valence-electron chi connectivity index (χ0n) is 12.4. The molecule has 1 heterocycles. The molecule has 1 aliphatic heterocycles. The van der Waals surface area contributed by atoms with Crippen molar-refractivity contribution in [2.75, 3.05) is 20.2 Å². The van der Waals surface area contributed by atoms with Crippen LogP contribution in [0, 0.1) is 11.8 Å². The van der Waals surface area contributed by atoms with Crippen molar-refractivity contribution in [1.29, 1.82) is 0 Å². The number of ether oxygens (including phenoxy) is 1. The standard InChI is InChI=1S/C16H26N2O/c1-12-6-7-18(10-13(12)2)11-14-4-5-16(19-3)15(8-14)9-17/h4-5,8,12-13H,6-7,9-11,17H2,1-3H3. The molecule has 2 N–H and O–H groups in total. The first-order valence-corrected chi connectivity index (χ1v) is 7.22. The normalized spacial score (nSPS) is 24.4. The zero-order valence-corrected chi connectivity index (χ0v) is 12.4. The van der Waals surface area contributed by atoms with Crippen molar-refractivity contribution >= 4 is 0 Å². The number of nitrogens with zero attached hydrogens (tertiary/aromatic N) is 1. The molecule has 1 aromatic rings. The summed E-state index contributed by atoms with van der Waals surface area (Å²) in [4.78, 5) is 2.55. The number of nitrogens with two attached hydrogens (primary N) is 1. The van der Waals surface area contributed by atoms with Gasteiger partial charge in [-0.05, 0) is 42.5 Å². The number of benzene rings is 1. The van der Waals surface area contributed by atoms with Crippen LogP contribution in [0.15, 0.2) is 18.2 Å². The Bertz CT molecular complexity index is 419. The molecule has 0 aromatic heterocycles. The molecule has 2 atom stereocenters. The summed E-state index contributed by atoms with van der Waals surface area (Å²) in [5.74, 6) is 2.54. The molecule has 2 unspecified atom stereocenters. The van der Waals surface area contributed by atoms with Crippen LogP contribution >= 0.6 is 0 Å². The Hall–Kier alpha value is -1.06. The highest BCUT2D eigenvalue weighted by atomic mass is 16.5. The van der Waals surface area contributed by atoms with Gasteiger partial charge in [0.2, 0.25) is 0 Å². The topological polar surface area (TPSA) is 38.5 Å². The number of piperidine rings is 1. The van der Waals surface area contributed by atoms with Crippen molar-refractivity contribution in [3.63, 3.8) is 0 Å². The van der Waals surface area contributed by atoms with Gasteiger partial charge < -0.3 is 10.5 Å². The third-order valence-corrected chi connectivity index (χ3v) is 4.39. The van der Waals surface area contributed by atoms with E-state index in [0.717, 1.165) is 29.7 Å². The predicted molar refractivity (Wildman–Crippen MR) is 79.1 cm³/mol. The summed E-state index contributed by atoms with van der Waals surface area (Å²) in [5, 5.41) is 0. The van der Waals surface area contributed by atoms with E-state index in [9.17, 15) is 0 Å². The van der Waals surface area contributed by atoms with E-state index in [-0.39, 0.29) is 0 Å². The minimum Gasteiger partial charge on any atom is -0.496 e. The average Bonchev–Trinajstić information content (AvgIpc) is 2.43. The van der Waals surface area contributed by atoms with Gasteiger partial charge in [-0.3, -0.25) is 4.90 Å². The maximum Gasteiger partial charge on any atom is 0.123 e. The van der Waals surface area contributed by atoms with E-state index in [0.29, 0.717) is 6.54 Å². The van der Waals surface area contributed by atoms with Gasteiger partial charge in [0.15, 0.2) is 0 Å². The van der Waals surface area contributed by atoms with Crippen LogP contribution in [-0.4, -0.2) is 25.1 Å². The van der Waals surface area contributed by atoms with Gasteiger partial charge in [-0.2, -0.15) is 0 Å². The summed E-state index contributed by atoms with van der Waals surface area (Å²) in [6, 6.07) is 6.37. The minimum absolute atomic E-state index is 0.532. The Balaban J connectivity index is 2.03. The number of likely N-dealkylation sites (tertiary alicyclic amines) is 1. The third-order valence-electron chi connectivity index (χ3n) is 4.39. The van der Waals surface area contributed by atoms with Crippen LogP contribution in [-0.2, 0) is 13.1 Å². The fourth-order valence-corrected chi connectivity index (χ4v) is 2.84. The van der Waals surface area contributed by atoms with Gasteiger partial charge in [-0.1, -0.05) is 19.9 Å². The minimum atomic E-state index is 0.532. The van der Waals surface area contributed by atoms with Gasteiger partial charge in [0.05, 0.1) is 7.11 Å². The highest BCUT2D eigenvalue weighted by molar-refractivity contribution is 5.37. The lowest BCUT2D eigenvalue weighted by Crippen LogP contribution is -2.37. The first-order chi connectivity index (χ1) is 9.13. The summed E-state index contributed by atoms with van der Waals surface area (Å²) >= 11 is 0. The zero-order chi connectivity index (χ0) is 13.8. The lowest BCUT2D eigenvalue weighted by Gasteiger charge is -2.35. The Morgan fingerprint density at radius 1 is 1.32 bits per heavy atom. The Labute approximate surface area is 116 Å². The Kier molecular flexibility index (Phi) is 4.83. The molecule has 1 aromatic carbocycles. The fourth-order valence-electron chi connectivity index (χ4n) is 2.84. The Morgan fingerprint density at radius 3 is 2.74 bits per heavy atom. The van der Waals surface area contributed by atoms with Crippen LogP contribution in [0.5, 0.6) is 5.75 Å². The summed E-state index contributed by atoms with van der Waals surface area (Å²) in [6.45, 7) is 8.68. The van der Waals surface area contributed by atoms with E-state index in [4.69, 9.17) is 10.5 Å². The number of methoxy groups -OCH3 is 1. The maximum atomic E-state index is 5.77. The summed E-state index contributed by atoms with van der Waals surface area (Å²) in [7, 11) is 1.70. The van der Waals surface area contributed by atoms with Gasteiger partial charge in [0.25, 0.3) is 0 Å². The van der Waals surface area contributed by atoms with Crippen molar-refractivity contribution in [3.05, 3.63) is 29.3 Å². The highest BCUT2D eigenvalue weighted by Gasteiger charge is 2.22. The van der Waals surface area contributed by atoms with Crippen LogP contribution in [0.4, 0.5) is 0 Å². The number of hydrogen-bond acceptors (Lipinski definition) is 3. The van der Waals surface area contributed by atoms with Gasteiger partial charge in [0.1, 0.15) is 5.75 Å². The summed E-state index contributed by atoms with van der Waals surface area (Å²) in [6.07, 6.45) is 1.31. The molecule has 0 amide bonds. The lowest BCUT2D eigenvalue weighted by molar-refractivity contribution is 0.132. The van der Waals surface area contributed by atoms with E-state index in [1.807, 2.05) is 6.07 Å². The molecule has 2 rings (SSSR count). The fraction of sp³-hybridized carbons (Fsp3) is 0.625. The average molecular weight is 262 g/mol. The maximum absolute atomic E-state index is 5.77. The second-order valence-electron chi connectivity index (χ2n) is 5.83. The van der Waals surface area contributed by atoms with Gasteiger partial charge >= 0.3 is 0 Å². The first kappa shape index (κ1) is 14.4. The van der Waals surface area contributed by atoms with Gasteiger partial charge in [0, 0.05) is 25.2 Å². The van der Waals surface area contributed by atoms with E-state index >= 15 is 0 Å². The van der Waals surface area contributed by atoms with Crippen molar-refractivity contribution in [2.24, 2.45) is 17.6 Å². The van der Waals surface area contributed by atoms with Gasteiger partial charge in [-0.25, -0.2) is 0 Å². The number of hydrogen-bond donors (Lipinski definition) is 1. The number of rotatable bonds is 4. The predicted octanol–water partition coefficient (Wildman–Crippen LogP) is 2.63.